The zero-order valence-electron chi connectivity index (χ0n) is 19.7. The molecular formula is C26H30Cl2N4O3. The molecule has 186 valence electrons. The van der Waals surface area contributed by atoms with Gasteiger partial charge in [0.1, 0.15) is 0 Å². The highest BCUT2D eigenvalue weighted by molar-refractivity contribution is 6.08. The van der Waals surface area contributed by atoms with Crippen LogP contribution >= 0.6 is 24.8 Å². The Labute approximate surface area is 217 Å². The van der Waals surface area contributed by atoms with Gasteiger partial charge < -0.3 is 21.1 Å². The second kappa shape index (κ2) is 12.0. The van der Waals surface area contributed by atoms with Gasteiger partial charge in [-0.25, -0.2) is 4.79 Å². The van der Waals surface area contributed by atoms with E-state index < -0.39 is 5.97 Å². The van der Waals surface area contributed by atoms with E-state index in [1.54, 1.807) is 18.3 Å². The summed E-state index contributed by atoms with van der Waals surface area (Å²) >= 11 is 0. The Kier molecular flexibility index (Phi) is 9.65. The molecule has 2 heterocycles. The molecule has 0 aliphatic carbocycles. The summed E-state index contributed by atoms with van der Waals surface area (Å²) in [6, 6.07) is 12.5. The molecule has 3 aromatic rings. The van der Waals surface area contributed by atoms with Crippen molar-refractivity contribution in [3.63, 3.8) is 0 Å². The van der Waals surface area contributed by atoms with E-state index in [-0.39, 0.29) is 47.9 Å². The van der Waals surface area contributed by atoms with Gasteiger partial charge in [0.25, 0.3) is 5.91 Å². The van der Waals surface area contributed by atoms with Gasteiger partial charge in [0, 0.05) is 36.5 Å². The third-order valence-corrected chi connectivity index (χ3v) is 5.93. The molecule has 0 spiro atoms. The van der Waals surface area contributed by atoms with E-state index in [4.69, 9.17) is 5.73 Å². The van der Waals surface area contributed by atoms with E-state index in [2.05, 4.69) is 47.2 Å². The molecule has 1 fully saturated rings. The maximum atomic E-state index is 13.1. The van der Waals surface area contributed by atoms with Crippen LogP contribution in [-0.2, 0) is 0 Å². The Hall–Kier alpha value is -3.13. The van der Waals surface area contributed by atoms with Crippen LogP contribution in [0.4, 0.5) is 11.4 Å². The fraction of sp³-hybridized carbons (Fsp3) is 0.269. The number of aryl methyl sites for hydroxylation is 2. The molecule has 0 atom stereocenters. The van der Waals surface area contributed by atoms with E-state index in [9.17, 15) is 14.7 Å². The number of carboxylic acid groups (broad SMARTS) is 1. The predicted octanol–water partition coefficient (Wildman–Crippen LogP) is 5.09. The van der Waals surface area contributed by atoms with Crippen molar-refractivity contribution in [3.8, 4) is 11.1 Å². The zero-order chi connectivity index (χ0) is 23.5. The summed E-state index contributed by atoms with van der Waals surface area (Å²) in [7, 11) is 0. The number of carboxylic acids is 1. The number of nitrogens with one attached hydrogen (secondary N) is 1. The fourth-order valence-corrected chi connectivity index (χ4v) is 4.34. The van der Waals surface area contributed by atoms with E-state index in [1.807, 2.05) is 6.20 Å². The maximum absolute atomic E-state index is 13.1. The van der Waals surface area contributed by atoms with Crippen LogP contribution in [0.1, 0.15) is 44.7 Å². The zero-order valence-corrected chi connectivity index (χ0v) is 21.3. The van der Waals surface area contributed by atoms with E-state index >= 15 is 0 Å². The van der Waals surface area contributed by atoms with Crippen LogP contribution in [-0.4, -0.2) is 41.1 Å². The maximum Gasteiger partial charge on any atom is 0.335 e. The number of halogens is 2. The van der Waals surface area contributed by atoms with Crippen LogP contribution < -0.4 is 16.0 Å². The Morgan fingerprint density at radius 2 is 1.63 bits per heavy atom. The number of aromatic nitrogens is 1. The number of hydrogen-bond acceptors (Lipinski definition) is 5. The lowest BCUT2D eigenvalue weighted by molar-refractivity contribution is 0.0697. The molecule has 2 aromatic carbocycles. The summed E-state index contributed by atoms with van der Waals surface area (Å²) in [5.74, 6) is -1.46. The standard InChI is InChI=1S/C26H28N4O3.2ClH/c1-16-10-17(2)12-20(11-16)22-14-28-15-23(24(22)30-8-6-21(27)7-9-30)29-25(31)18-4-3-5-19(13-18)26(32)33;;/h3-5,10-15,21H,6-9,27H2,1-2H3,(H,29,31)(H,32,33);2*1H. The average Bonchev–Trinajstić information content (AvgIpc) is 2.79. The van der Waals surface area contributed by atoms with Crippen molar-refractivity contribution in [2.45, 2.75) is 32.7 Å². The Morgan fingerprint density at radius 1 is 1.00 bits per heavy atom. The largest absolute Gasteiger partial charge is 0.478 e. The number of aromatic carboxylic acids is 1. The highest BCUT2D eigenvalue weighted by atomic mass is 35.5. The molecule has 4 rings (SSSR count). The first-order valence-corrected chi connectivity index (χ1v) is 11.0. The number of benzene rings is 2. The first kappa shape index (κ1) is 28.1. The molecule has 0 bridgehead atoms. The number of rotatable bonds is 5. The quantitative estimate of drug-likeness (QED) is 0.435. The molecule has 1 saturated heterocycles. The molecule has 0 saturated carbocycles. The molecule has 7 nitrogen and oxygen atoms in total. The Bertz CT molecular complexity index is 1190. The molecule has 1 amide bonds. The number of nitrogens with two attached hydrogens (primary N) is 1. The van der Waals surface area contributed by atoms with Gasteiger partial charge in [-0.05, 0) is 50.5 Å². The molecule has 1 aliphatic rings. The van der Waals surface area contributed by atoms with Crippen LogP contribution in [0.2, 0.25) is 0 Å². The SMILES string of the molecule is Cc1cc(C)cc(-c2cncc(NC(=O)c3cccc(C(=O)O)c3)c2N2CCC(N)CC2)c1.Cl.Cl. The second-order valence-corrected chi connectivity index (χ2v) is 8.62. The fourth-order valence-electron chi connectivity index (χ4n) is 4.34. The number of nitrogens with zero attached hydrogens (tertiary/aromatic N) is 2. The van der Waals surface area contributed by atoms with Crippen molar-refractivity contribution in [1.29, 1.82) is 0 Å². The highest BCUT2D eigenvalue weighted by Gasteiger charge is 2.24. The van der Waals surface area contributed by atoms with Crippen LogP contribution in [0.5, 0.6) is 0 Å². The number of amides is 1. The van der Waals surface area contributed by atoms with Gasteiger partial charge in [-0.2, -0.15) is 0 Å². The van der Waals surface area contributed by atoms with Crippen molar-refractivity contribution < 1.29 is 14.7 Å². The number of anilines is 2. The van der Waals surface area contributed by atoms with Gasteiger partial charge >= 0.3 is 5.97 Å². The minimum Gasteiger partial charge on any atom is -0.478 e. The van der Waals surface area contributed by atoms with Crippen molar-refractivity contribution in [2.75, 3.05) is 23.3 Å². The van der Waals surface area contributed by atoms with Crippen LogP contribution in [0.25, 0.3) is 11.1 Å². The Balaban J connectivity index is 0.00000216. The third kappa shape index (κ3) is 6.51. The van der Waals surface area contributed by atoms with E-state index in [0.717, 1.165) is 53.9 Å². The topological polar surface area (TPSA) is 109 Å². The summed E-state index contributed by atoms with van der Waals surface area (Å²) < 4.78 is 0. The van der Waals surface area contributed by atoms with Gasteiger partial charge in [0.15, 0.2) is 0 Å². The summed E-state index contributed by atoms with van der Waals surface area (Å²) in [5, 5.41) is 12.2. The molecule has 1 aliphatic heterocycles. The van der Waals surface area contributed by atoms with Crippen molar-refractivity contribution in [2.24, 2.45) is 5.73 Å². The minimum atomic E-state index is -1.08. The van der Waals surface area contributed by atoms with Gasteiger partial charge in [0.05, 0.1) is 23.1 Å². The highest BCUT2D eigenvalue weighted by Crippen LogP contribution is 2.38. The summed E-state index contributed by atoms with van der Waals surface area (Å²) in [5.41, 5.74) is 12.3. The first-order chi connectivity index (χ1) is 15.8. The molecule has 1 aromatic heterocycles. The van der Waals surface area contributed by atoms with Gasteiger partial charge in [-0.15, -0.1) is 24.8 Å². The second-order valence-electron chi connectivity index (χ2n) is 8.62. The number of carbonyl (C=O) groups excluding carboxylic acids is 1. The predicted molar refractivity (Wildman–Crippen MR) is 144 cm³/mol. The van der Waals surface area contributed by atoms with Crippen molar-refractivity contribution >= 4 is 48.1 Å². The van der Waals surface area contributed by atoms with Crippen molar-refractivity contribution in [3.05, 3.63) is 77.1 Å². The first-order valence-electron chi connectivity index (χ1n) is 11.0. The summed E-state index contributed by atoms with van der Waals surface area (Å²) in [6.07, 6.45) is 5.21. The normalized spacial score (nSPS) is 13.4. The van der Waals surface area contributed by atoms with Crippen LogP contribution in [0.3, 0.4) is 0 Å². The molecular weight excluding hydrogens is 487 g/mol. The number of pyridine rings is 1. The lowest BCUT2D eigenvalue weighted by Crippen LogP contribution is -2.40. The van der Waals surface area contributed by atoms with E-state index in [0.29, 0.717) is 5.69 Å². The van der Waals surface area contributed by atoms with Crippen LogP contribution in [0.15, 0.2) is 54.9 Å². The smallest absolute Gasteiger partial charge is 0.335 e. The number of carbonyl (C=O) groups is 2. The van der Waals surface area contributed by atoms with Gasteiger partial charge in [-0.1, -0.05) is 35.4 Å². The van der Waals surface area contributed by atoms with Gasteiger partial charge in [0.2, 0.25) is 0 Å². The molecule has 0 unspecified atom stereocenters. The average molecular weight is 517 g/mol. The lowest BCUT2D eigenvalue weighted by Gasteiger charge is -2.34. The van der Waals surface area contributed by atoms with Crippen LogP contribution in [0, 0.1) is 13.8 Å². The molecule has 0 radical (unpaired) electrons. The number of piperidine rings is 1. The molecule has 4 N–H and O–H groups in total. The summed E-state index contributed by atoms with van der Waals surface area (Å²) in [4.78, 5) is 31.1. The molecule has 9 heteroatoms. The van der Waals surface area contributed by atoms with Gasteiger partial charge in [-0.3, -0.25) is 9.78 Å². The Morgan fingerprint density at radius 3 is 2.26 bits per heavy atom. The number of hydrogen-bond donors (Lipinski definition) is 3. The third-order valence-electron chi connectivity index (χ3n) is 5.93. The van der Waals surface area contributed by atoms with E-state index in [1.165, 1.54) is 12.1 Å². The minimum absolute atomic E-state index is 0. The van der Waals surface area contributed by atoms with Crippen molar-refractivity contribution in [1.82, 2.24) is 4.98 Å². The molecule has 35 heavy (non-hydrogen) atoms. The lowest BCUT2D eigenvalue weighted by atomic mass is 9.98. The summed E-state index contributed by atoms with van der Waals surface area (Å²) in [6.45, 7) is 5.68. The monoisotopic (exact) mass is 516 g/mol.